The smallest absolute Gasteiger partial charge is 0.253 e. The second-order valence-electron chi connectivity index (χ2n) is 6.02. The zero-order chi connectivity index (χ0) is 16.3. The molecule has 5 heteroatoms. The van der Waals surface area contributed by atoms with E-state index in [1.54, 1.807) is 6.20 Å². The van der Waals surface area contributed by atoms with Crippen LogP contribution in [0.5, 0.6) is 0 Å². The van der Waals surface area contributed by atoms with Crippen LogP contribution in [-0.4, -0.2) is 41.2 Å². The summed E-state index contributed by atoms with van der Waals surface area (Å²) in [7, 11) is 0. The molecule has 1 fully saturated rings. The van der Waals surface area contributed by atoms with E-state index >= 15 is 0 Å². The number of benzene rings is 1. The van der Waals surface area contributed by atoms with Crippen molar-refractivity contribution in [2.75, 3.05) is 19.6 Å². The van der Waals surface area contributed by atoms with Crippen molar-refractivity contribution in [3.63, 3.8) is 0 Å². The largest absolute Gasteiger partial charge is 0.387 e. The lowest BCUT2D eigenvalue weighted by atomic mass is 9.98. The average molecular weight is 311 g/mol. The van der Waals surface area contributed by atoms with Gasteiger partial charge in [0.2, 0.25) is 0 Å². The Morgan fingerprint density at radius 3 is 2.83 bits per heavy atom. The van der Waals surface area contributed by atoms with Crippen LogP contribution in [-0.2, 0) is 0 Å². The highest BCUT2D eigenvalue weighted by Crippen LogP contribution is 2.25. The molecule has 120 valence electrons. The maximum Gasteiger partial charge on any atom is 0.253 e. The molecule has 0 bridgehead atoms. The Bertz CT molecular complexity index is 695. The van der Waals surface area contributed by atoms with Crippen LogP contribution in [0.4, 0.5) is 0 Å². The van der Waals surface area contributed by atoms with Crippen LogP contribution in [0, 0.1) is 6.92 Å². The Hall–Kier alpha value is -2.24. The summed E-state index contributed by atoms with van der Waals surface area (Å²) in [5, 5.41) is 16.3. The monoisotopic (exact) mass is 311 g/mol. The fraction of sp³-hybridized carbons (Fsp3) is 0.333. The molecule has 0 spiro atoms. The van der Waals surface area contributed by atoms with Gasteiger partial charge < -0.3 is 15.7 Å². The number of rotatable bonds is 4. The molecule has 23 heavy (non-hydrogen) atoms. The zero-order valence-electron chi connectivity index (χ0n) is 13.2. The highest BCUT2D eigenvalue weighted by atomic mass is 16.3. The van der Waals surface area contributed by atoms with Crippen LogP contribution < -0.4 is 10.6 Å². The fourth-order valence-corrected chi connectivity index (χ4v) is 2.93. The normalized spacial score (nSPS) is 20.4. The Morgan fingerprint density at radius 2 is 2.13 bits per heavy atom. The minimum Gasteiger partial charge on any atom is -0.387 e. The van der Waals surface area contributed by atoms with Gasteiger partial charge in [0, 0.05) is 19.3 Å². The lowest BCUT2D eigenvalue weighted by Gasteiger charge is -2.22. The van der Waals surface area contributed by atoms with Crippen molar-refractivity contribution in [3.05, 3.63) is 53.9 Å². The van der Waals surface area contributed by atoms with Gasteiger partial charge in [-0.15, -0.1) is 0 Å². The molecular formula is C18H21N3O2. The molecule has 2 heterocycles. The molecule has 2 aromatic rings. The zero-order valence-corrected chi connectivity index (χ0v) is 13.2. The number of amides is 1. The highest BCUT2D eigenvalue weighted by Gasteiger charge is 2.31. The maximum absolute atomic E-state index is 12.7. The van der Waals surface area contributed by atoms with Gasteiger partial charge in [0.25, 0.3) is 5.91 Å². The minimum absolute atomic E-state index is 0.199. The number of hydrogen-bond acceptors (Lipinski definition) is 4. The number of hydrogen-bond donors (Lipinski definition) is 3. The van der Waals surface area contributed by atoms with E-state index in [-0.39, 0.29) is 12.5 Å². The van der Waals surface area contributed by atoms with Crippen LogP contribution in [0.1, 0.15) is 22.5 Å². The maximum atomic E-state index is 12.7. The second-order valence-corrected chi connectivity index (χ2v) is 6.02. The van der Waals surface area contributed by atoms with Crippen LogP contribution in [0.2, 0.25) is 0 Å². The van der Waals surface area contributed by atoms with E-state index in [9.17, 15) is 9.90 Å². The summed E-state index contributed by atoms with van der Waals surface area (Å²) in [5.74, 6) is -0.199. The number of carbonyl (C=O) groups excluding carboxylic acids is 1. The SMILES string of the molecule is Cc1nccc(-c2ccccc2)c1C(=O)NC[C@]1(O)CCNC1. The molecule has 5 nitrogen and oxygen atoms in total. The van der Waals surface area contributed by atoms with Crippen molar-refractivity contribution in [1.82, 2.24) is 15.6 Å². The van der Waals surface area contributed by atoms with E-state index in [4.69, 9.17) is 0 Å². The Morgan fingerprint density at radius 1 is 1.35 bits per heavy atom. The predicted molar refractivity (Wildman–Crippen MR) is 89.2 cm³/mol. The van der Waals surface area contributed by atoms with Gasteiger partial charge >= 0.3 is 0 Å². The highest BCUT2D eigenvalue weighted by molar-refractivity contribution is 6.01. The molecule has 0 saturated carbocycles. The molecule has 0 radical (unpaired) electrons. The lowest BCUT2D eigenvalue weighted by molar-refractivity contribution is 0.0561. The molecule has 1 aromatic heterocycles. The number of aliphatic hydroxyl groups is 1. The summed E-state index contributed by atoms with van der Waals surface area (Å²) < 4.78 is 0. The third-order valence-corrected chi connectivity index (χ3v) is 4.25. The lowest BCUT2D eigenvalue weighted by Crippen LogP contribution is -2.44. The number of carbonyl (C=O) groups is 1. The van der Waals surface area contributed by atoms with E-state index in [0.717, 1.165) is 17.7 Å². The van der Waals surface area contributed by atoms with Crippen LogP contribution in [0.3, 0.4) is 0 Å². The van der Waals surface area contributed by atoms with Crippen LogP contribution >= 0.6 is 0 Å². The minimum atomic E-state index is -0.862. The molecule has 1 aliphatic heterocycles. The molecule has 1 aliphatic rings. The van der Waals surface area contributed by atoms with Gasteiger partial charge in [0.05, 0.1) is 16.9 Å². The van der Waals surface area contributed by atoms with Crippen molar-refractivity contribution < 1.29 is 9.90 Å². The van der Waals surface area contributed by atoms with Crippen LogP contribution in [0.15, 0.2) is 42.6 Å². The molecule has 1 amide bonds. The van der Waals surface area contributed by atoms with Gasteiger partial charge in [-0.05, 0) is 37.1 Å². The van der Waals surface area contributed by atoms with Crippen molar-refractivity contribution in [2.45, 2.75) is 18.9 Å². The number of nitrogens with zero attached hydrogens (tertiary/aromatic N) is 1. The number of pyridine rings is 1. The Balaban J connectivity index is 1.85. The van der Waals surface area contributed by atoms with E-state index in [1.807, 2.05) is 43.3 Å². The van der Waals surface area contributed by atoms with Gasteiger partial charge in [-0.25, -0.2) is 0 Å². The molecule has 0 unspecified atom stereocenters. The van der Waals surface area contributed by atoms with Crippen molar-refractivity contribution in [1.29, 1.82) is 0 Å². The third kappa shape index (κ3) is 3.41. The topological polar surface area (TPSA) is 74.2 Å². The first-order valence-electron chi connectivity index (χ1n) is 7.81. The fourth-order valence-electron chi connectivity index (χ4n) is 2.93. The van der Waals surface area contributed by atoms with Gasteiger partial charge in [-0.1, -0.05) is 30.3 Å². The van der Waals surface area contributed by atoms with E-state index in [2.05, 4.69) is 15.6 Å². The summed E-state index contributed by atoms with van der Waals surface area (Å²) >= 11 is 0. The summed E-state index contributed by atoms with van der Waals surface area (Å²) in [5.41, 5.74) is 2.21. The van der Waals surface area contributed by atoms with Crippen LogP contribution in [0.25, 0.3) is 11.1 Å². The van der Waals surface area contributed by atoms with Crippen molar-refractivity contribution in [2.24, 2.45) is 0 Å². The molecule has 3 rings (SSSR count). The first kappa shape index (κ1) is 15.6. The van der Waals surface area contributed by atoms with E-state index < -0.39 is 5.60 Å². The first-order valence-corrected chi connectivity index (χ1v) is 7.81. The Labute approximate surface area is 135 Å². The number of aromatic nitrogens is 1. The summed E-state index contributed by atoms with van der Waals surface area (Å²) in [6.45, 7) is 3.34. The molecule has 0 aliphatic carbocycles. The van der Waals surface area contributed by atoms with E-state index in [0.29, 0.717) is 24.2 Å². The summed E-state index contributed by atoms with van der Waals surface area (Å²) in [4.78, 5) is 16.9. The van der Waals surface area contributed by atoms with Crippen molar-refractivity contribution >= 4 is 5.91 Å². The number of aryl methyl sites for hydroxylation is 1. The number of β-amino-alcohol motifs (C(OH)–C–C–N with tert-alkyl or cyclic N) is 1. The summed E-state index contributed by atoms with van der Waals surface area (Å²) in [6, 6.07) is 11.6. The Kier molecular flexibility index (Phi) is 4.41. The molecular weight excluding hydrogens is 290 g/mol. The third-order valence-electron chi connectivity index (χ3n) is 4.25. The van der Waals surface area contributed by atoms with Gasteiger partial charge in [0.1, 0.15) is 0 Å². The molecule has 3 N–H and O–H groups in total. The number of nitrogens with one attached hydrogen (secondary N) is 2. The van der Waals surface area contributed by atoms with Gasteiger partial charge in [0.15, 0.2) is 0 Å². The van der Waals surface area contributed by atoms with Gasteiger partial charge in [-0.2, -0.15) is 0 Å². The summed E-state index contributed by atoms with van der Waals surface area (Å²) in [6.07, 6.45) is 2.35. The quantitative estimate of drug-likeness (QED) is 0.800. The average Bonchev–Trinajstić information content (AvgIpc) is 3.00. The van der Waals surface area contributed by atoms with E-state index in [1.165, 1.54) is 0 Å². The molecule has 1 aromatic carbocycles. The molecule has 1 atom stereocenters. The molecule has 1 saturated heterocycles. The second kappa shape index (κ2) is 6.48. The van der Waals surface area contributed by atoms with Gasteiger partial charge in [-0.3, -0.25) is 9.78 Å². The first-order chi connectivity index (χ1) is 11.1. The van der Waals surface area contributed by atoms with Crippen molar-refractivity contribution in [3.8, 4) is 11.1 Å². The standard InChI is InChI=1S/C18H21N3O2/c1-13-16(17(22)21-12-18(23)8-10-19-11-18)15(7-9-20-13)14-5-3-2-4-6-14/h2-7,9,19,23H,8,10-12H2,1H3,(H,21,22)/t18-/m0/s1. The predicted octanol–water partition coefficient (Wildman–Crippen LogP) is 1.51.